The summed E-state index contributed by atoms with van der Waals surface area (Å²) < 4.78 is 5.32. The van der Waals surface area contributed by atoms with Crippen molar-refractivity contribution < 1.29 is 9.84 Å². The molecule has 0 bridgehead atoms. The average Bonchev–Trinajstić information content (AvgIpc) is 2.30. The highest BCUT2D eigenvalue weighted by Gasteiger charge is 2.39. The molecule has 2 atom stereocenters. The summed E-state index contributed by atoms with van der Waals surface area (Å²) in [5.41, 5.74) is 11.3. The molecule has 14 heavy (non-hydrogen) atoms. The molecule has 0 saturated carbocycles. The maximum absolute atomic E-state index is 9.43. The number of rotatable bonds is 2. The molecule has 0 aliphatic carbocycles. The minimum absolute atomic E-state index is 0.125. The lowest BCUT2D eigenvalue weighted by atomic mass is 9.93. The van der Waals surface area contributed by atoms with Gasteiger partial charge in [0.05, 0.1) is 16.5 Å². The Hall–Kier alpha value is -0.710. The van der Waals surface area contributed by atoms with Gasteiger partial charge in [-0.15, -0.1) is 0 Å². The van der Waals surface area contributed by atoms with Crippen LogP contribution in [-0.4, -0.2) is 17.0 Å². The molecule has 5 N–H and O–H groups in total. The van der Waals surface area contributed by atoms with Crippen LogP contribution in [-0.2, 0) is 4.74 Å². The molecule has 0 amide bonds. The Morgan fingerprint density at radius 2 is 2.36 bits per heavy atom. The van der Waals surface area contributed by atoms with E-state index in [1.54, 1.807) is 0 Å². The Morgan fingerprint density at radius 1 is 1.79 bits per heavy atom. The van der Waals surface area contributed by atoms with Crippen LogP contribution in [0.1, 0.15) is 20.3 Å². The molecule has 4 nitrogen and oxygen atoms in total. The van der Waals surface area contributed by atoms with E-state index < -0.39 is 11.9 Å². The Morgan fingerprint density at radius 3 is 2.79 bits per heavy atom. The number of aliphatic hydroxyl groups excluding tert-OH is 1. The maximum atomic E-state index is 9.43. The monoisotopic (exact) mass is 218 g/mol. The van der Waals surface area contributed by atoms with Crippen LogP contribution in [0.15, 0.2) is 22.5 Å². The van der Waals surface area contributed by atoms with Gasteiger partial charge in [-0.2, -0.15) is 0 Å². The normalized spacial score (nSPS) is 34.0. The third kappa shape index (κ3) is 1.87. The van der Waals surface area contributed by atoms with Crippen molar-refractivity contribution >= 4 is 11.6 Å². The molecular formula is C9H15ClN2O2. The van der Waals surface area contributed by atoms with Crippen LogP contribution in [0.3, 0.4) is 0 Å². The van der Waals surface area contributed by atoms with Gasteiger partial charge in [-0.05, 0) is 19.4 Å². The average molecular weight is 219 g/mol. The molecule has 2 unspecified atom stereocenters. The van der Waals surface area contributed by atoms with Gasteiger partial charge < -0.3 is 21.3 Å². The molecule has 1 aliphatic rings. The summed E-state index contributed by atoms with van der Waals surface area (Å²) in [7, 11) is 0. The van der Waals surface area contributed by atoms with Crippen LogP contribution in [0.4, 0.5) is 0 Å². The quantitative estimate of drug-likeness (QED) is 0.598. The van der Waals surface area contributed by atoms with Crippen molar-refractivity contribution in [3.05, 3.63) is 22.5 Å². The lowest BCUT2D eigenvalue weighted by Crippen LogP contribution is -2.27. The van der Waals surface area contributed by atoms with Crippen LogP contribution >= 0.6 is 11.6 Å². The van der Waals surface area contributed by atoms with Crippen molar-refractivity contribution in [1.82, 2.24) is 0 Å². The summed E-state index contributed by atoms with van der Waals surface area (Å²) in [4.78, 5) is 0. The van der Waals surface area contributed by atoms with E-state index in [2.05, 4.69) is 0 Å². The number of nitrogens with two attached hydrogens (primary N) is 2. The van der Waals surface area contributed by atoms with E-state index in [9.17, 15) is 5.11 Å². The number of aliphatic hydroxyl groups is 1. The highest BCUT2D eigenvalue weighted by molar-refractivity contribution is 6.29. The standard InChI is InChI=1S/C9H15ClN2O2/c1-3-9(2)5(4-6(10)11)7(12)8(13)14-9/h4,8,13H,3,11-12H2,1-2H3/b6-4-. The number of hydrogen-bond acceptors (Lipinski definition) is 4. The minimum atomic E-state index is -1.07. The second-order valence-electron chi connectivity index (χ2n) is 3.45. The second-order valence-corrected chi connectivity index (χ2v) is 3.89. The Labute approximate surface area is 88.2 Å². The van der Waals surface area contributed by atoms with Gasteiger partial charge in [0.1, 0.15) is 0 Å². The minimum Gasteiger partial charge on any atom is -0.398 e. The molecule has 1 heterocycles. The van der Waals surface area contributed by atoms with E-state index in [1.165, 1.54) is 6.08 Å². The van der Waals surface area contributed by atoms with E-state index in [0.29, 0.717) is 12.0 Å². The zero-order valence-electron chi connectivity index (χ0n) is 8.25. The Balaban J connectivity index is 3.12. The zero-order chi connectivity index (χ0) is 10.9. The molecule has 1 rings (SSSR count). The number of halogens is 1. The van der Waals surface area contributed by atoms with E-state index in [0.717, 1.165) is 0 Å². The lowest BCUT2D eigenvalue weighted by Gasteiger charge is -2.24. The summed E-state index contributed by atoms with van der Waals surface area (Å²) >= 11 is 5.57. The topological polar surface area (TPSA) is 81.5 Å². The molecule has 5 heteroatoms. The molecule has 80 valence electrons. The lowest BCUT2D eigenvalue weighted by molar-refractivity contribution is -0.123. The van der Waals surface area contributed by atoms with Crippen LogP contribution in [0.5, 0.6) is 0 Å². The van der Waals surface area contributed by atoms with Gasteiger partial charge in [-0.3, -0.25) is 0 Å². The van der Waals surface area contributed by atoms with Crippen LogP contribution < -0.4 is 11.5 Å². The summed E-state index contributed by atoms with van der Waals surface area (Å²) in [5, 5.41) is 9.55. The van der Waals surface area contributed by atoms with E-state index in [4.69, 9.17) is 27.8 Å². The third-order valence-corrected chi connectivity index (χ3v) is 2.58. The zero-order valence-corrected chi connectivity index (χ0v) is 9.01. The van der Waals surface area contributed by atoms with Crippen molar-refractivity contribution in [2.75, 3.05) is 0 Å². The van der Waals surface area contributed by atoms with Gasteiger partial charge in [0.25, 0.3) is 0 Å². The van der Waals surface area contributed by atoms with Gasteiger partial charge in [0.15, 0.2) is 6.29 Å². The first-order valence-corrected chi connectivity index (χ1v) is 4.77. The first-order valence-electron chi connectivity index (χ1n) is 4.39. The molecule has 0 aromatic carbocycles. The highest BCUT2D eigenvalue weighted by Crippen LogP contribution is 2.36. The smallest absolute Gasteiger partial charge is 0.197 e. The Kier molecular flexibility index (Phi) is 3.09. The van der Waals surface area contributed by atoms with Gasteiger partial charge in [-0.25, -0.2) is 0 Å². The predicted molar refractivity (Wildman–Crippen MR) is 55.1 cm³/mol. The number of ether oxygens (including phenoxy) is 1. The maximum Gasteiger partial charge on any atom is 0.197 e. The molecule has 1 aliphatic heterocycles. The number of hydrogen-bond donors (Lipinski definition) is 3. The molecular weight excluding hydrogens is 204 g/mol. The van der Waals surface area contributed by atoms with Gasteiger partial charge in [-0.1, -0.05) is 18.5 Å². The van der Waals surface area contributed by atoms with Crippen molar-refractivity contribution in [2.45, 2.75) is 32.2 Å². The van der Waals surface area contributed by atoms with Crippen molar-refractivity contribution in [1.29, 1.82) is 0 Å². The molecule has 0 aromatic heterocycles. The highest BCUT2D eigenvalue weighted by atomic mass is 35.5. The van der Waals surface area contributed by atoms with Crippen molar-refractivity contribution in [3.63, 3.8) is 0 Å². The summed E-state index contributed by atoms with van der Waals surface area (Å²) in [6.07, 6.45) is 1.14. The van der Waals surface area contributed by atoms with Crippen molar-refractivity contribution in [2.24, 2.45) is 11.5 Å². The van der Waals surface area contributed by atoms with Gasteiger partial charge in [0, 0.05) is 5.57 Å². The molecule has 0 radical (unpaired) electrons. The predicted octanol–water partition coefficient (Wildman–Crippen LogP) is 0.755. The first kappa shape index (κ1) is 11.4. The van der Waals surface area contributed by atoms with Crippen LogP contribution in [0, 0.1) is 0 Å². The van der Waals surface area contributed by atoms with E-state index in [-0.39, 0.29) is 10.9 Å². The molecule has 0 aromatic rings. The Bertz CT molecular complexity index is 297. The fraction of sp³-hybridized carbons (Fsp3) is 0.556. The fourth-order valence-corrected chi connectivity index (χ4v) is 1.57. The summed E-state index contributed by atoms with van der Waals surface area (Å²) in [5.74, 6) is 0. The van der Waals surface area contributed by atoms with Crippen molar-refractivity contribution in [3.8, 4) is 0 Å². The molecule has 0 saturated heterocycles. The SMILES string of the molecule is CCC1(C)OC(O)C(N)=C1/C=C(\N)Cl. The van der Waals surface area contributed by atoms with E-state index >= 15 is 0 Å². The summed E-state index contributed by atoms with van der Waals surface area (Å²) in [6.45, 7) is 3.77. The molecule has 0 spiro atoms. The fourth-order valence-electron chi connectivity index (χ4n) is 1.46. The first-order chi connectivity index (χ1) is 6.40. The second kappa shape index (κ2) is 3.81. The van der Waals surface area contributed by atoms with Crippen LogP contribution in [0.25, 0.3) is 0 Å². The van der Waals surface area contributed by atoms with Gasteiger partial charge in [0.2, 0.25) is 0 Å². The molecule has 0 fully saturated rings. The largest absolute Gasteiger partial charge is 0.398 e. The summed E-state index contributed by atoms with van der Waals surface area (Å²) in [6, 6.07) is 0. The van der Waals surface area contributed by atoms with E-state index in [1.807, 2.05) is 13.8 Å². The third-order valence-electron chi connectivity index (χ3n) is 2.48. The van der Waals surface area contributed by atoms with Crippen LogP contribution in [0.2, 0.25) is 0 Å². The van der Waals surface area contributed by atoms with Gasteiger partial charge >= 0.3 is 0 Å².